The highest BCUT2D eigenvalue weighted by Crippen LogP contribution is 2.09. The van der Waals surface area contributed by atoms with Crippen LogP contribution in [0.5, 0.6) is 0 Å². The van der Waals surface area contributed by atoms with Gasteiger partial charge in [-0.1, -0.05) is 0 Å². The van der Waals surface area contributed by atoms with Gasteiger partial charge in [0.1, 0.15) is 12.3 Å². The second kappa shape index (κ2) is 3.49. The fourth-order valence-corrected chi connectivity index (χ4v) is 1.37. The summed E-state index contributed by atoms with van der Waals surface area (Å²) in [4.78, 5) is 0. The summed E-state index contributed by atoms with van der Waals surface area (Å²) in [6, 6.07) is 0. The van der Waals surface area contributed by atoms with Crippen LogP contribution in [0.3, 0.4) is 0 Å². The maximum atomic E-state index is 5.45. The molecule has 2 fully saturated rings. The van der Waals surface area contributed by atoms with E-state index < -0.39 is 0 Å². The molecule has 2 unspecified atom stereocenters. The third-order valence-corrected chi connectivity index (χ3v) is 1.92. The number of rotatable bonds is 1. The van der Waals surface area contributed by atoms with Crippen LogP contribution < -0.4 is 5.32 Å². The van der Waals surface area contributed by atoms with Gasteiger partial charge in [0.15, 0.2) is 0 Å². The second-order valence-corrected chi connectivity index (χ2v) is 2.73. The molecule has 0 aromatic carbocycles. The van der Waals surface area contributed by atoms with Crippen molar-refractivity contribution in [3.8, 4) is 0 Å². The van der Waals surface area contributed by atoms with Crippen LogP contribution in [0.25, 0.3) is 0 Å². The van der Waals surface area contributed by atoms with E-state index in [2.05, 4.69) is 5.32 Å². The average Bonchev–Trinajstić information content (AvgIpc) is 2.58. The molecule has 11 heavy (non-hydrogen) atoms. The van der Waals surface area contributed by atoms with E-state index in [0.717, 1.165) is 13.2 Å². The van der Waals surface area contributed by atoms with Gasteiger partial charge in [0, 0.05) is 6.54 Å². The number of hydrogen-bond acceptors (Lipinski definition) is 4. The Labute approximate surface area is 65.8 Å². The molecule has 0 spiro atoms. The molecule has 2 aliphatic heterocycles. The Morgan fingerprint density at radius 1 is 1.09 bits per heavy atom. The van der Waals surface area contributed by atoms with Crippen molar-refractivity contribution in [1.29, 1.82) is 0 Å². The summed E-state index contributed by atoms with van der Waals surface area (Å²) in [7, 11) is 0. The maximum absolute atomic E-state index is 5.45. The summed E-state index contributed by atoms with van der Waals surface area (Å²) in [5.41, 5.74) is 0. The van der Waals surface area contributed by atoms with Gasteiger partial charge in [-0.2, -0.15) is 0 Å². The summed E-state index contributed by atoms with van der Waals surface area (Å²) in [6.07, 6.45) is 0.140. The largest absolute Gasteiger partial charge is 0.376 e. The van der Waals surface area contributed by atoms with Crippen LogP contribution in [0.2, 0.25) is 0 Å². The van der Waals surface area contributed by atoms with Gasteiger partial charge in [0.05, 0.1) is 26.4 Å². The summed E-state index contributed by atoms with van der Waals surface area (Å²) >= 11 is 0. The fraction of sp³-hybridized carbons (Fsp3) is 1.00. The van der Waals surface area contributed by atoms with Crippen molar-refractivity contribution in [2.45, 2.75) is 12.3 Å². The maximum Gasteiger partial charge on any atom is 0.137 e. The number of hydrogen-bond donors (Lipinski definition) is 1. The van der Waals surface area contributed by atoms with Gasteiger partial charge in [-0.3, -0.25) is 5.32 Å². The third-order valence-electron chi connectivity index (χ3n) is 1.92. The molecule has 0 aromatic rings. The number of ether oxygens (including phenoxy) is 3. The Kier molecular flexibility index (Phi) is 2.38. The summed E-state index contributed by atoms with van der Waals surface area (Å²) < 4.78 is 16.1. The predicted octanol–water partition coefficient (Wildman–Crippen LogP) is -0.652. The van der Waals surface area contributed by atoms with E-state index in [1.54, 1.807) is 0 Å². The van der Waals surface area contributed by atoms with E-state index in [1.165, 1.54) is 0 Å². The molecule has 0 aliphatic carbocycles. The molecule has 0 amide bonds. The molecule has 0 radical (unpaired) electrons. The molecule has 4 nitrogen and oxygen atoms in total. The molecule has 0 saturated carbocycles. The lowest BCUT2D eigenvalue weighted by atomic mass is 10.3. The first-order chi connectivity index (χ1) is 5.47. The average molecular weight is 159 g/mol. The van der Waals surface area contributed by atoms with Gasteiger partial charge in [-0.15, -0.1) is 0 Å². The fourth-order valence-electron chi connectivity index (χ4n) is 1.37. The summed E-state index contributed by atoms with van der Waals surface area (Å²) in [5.74, 6) is 0. The second-order valence-electron chi connectivity index (χ2n) is 2.73. The minimum absolute atomic E-state index is 0.0512. The molecule has 2 rings (SSSR count). The Morgan fingerprint density at radius 3 is 2.73 bits per heavy atom. The normalized spacial score (nSPS) is 39.3. The smallest absolute Gasteiger partial charge is 0.137 e. The summed E-state index contributed by atoms with van der Waals surface area (Å²) in [6.45, 7) is 3.75. The van der Waals surface area contributed by atoms with E-state index in [-0.39, 0.29) is 12.3 Å². The van der Waals surface area contributed by atoms with Crippen LogP contribution in [-0.2, 0) is 14.2 Å². The molecule has 1 N–H and O–H groups in total. The lowest BCUT2D eigenvalue weighted by Gasteiger charge is -2.26. The molecule has 4 heteroatoms. The Morgan fingerprint density at radius 2 is 2.09 bits per heavy atom. The van der Waals surface area contributed by atoms with Crippen molar-refractivity contribution in [2.75, 3.05) is 33.0 Å². The molecule has 2 saturated heterocycles. The Balaban J connectivity index is 1.82. The van der Waals surface area contributed by atoms with E-state index in [4.69, 9.17) is 14.2 Å². The zero-order chi connectivity index (χ0) is 7.52. The predicted molar refractivity (Wildman–Crippen MR) is 38.3 cm³/mol. The molecule has 2 aliphatic rings. The van der Waals surface area contributed by atoms with Crippen LogP contribution in [0.15, 0.2) is 0 Å². The van der Waals surface area contributed by atoms with Crippen molar-refractivity contribution >= 4 is 0 Å². The highest BCUT2D eigenvalue weighted by atomic mass is 16.6. The highest BCUT2D eigenvalue weighted by Gasteiger charge is 2.28. The van der Waals surface area contributed by atoms with Crippen molar-refractivity contribution in [2.24, 2.45) is 0 Å². The lowest BCUT2D eigenvalue weighted by Crippen LogP contribution is -2.44. The van der Waals surface area contributed by atoms with Crippen LogP contribution in [0.1, 0.15) is 0 Å². The van der Waals surface area contributed by atoms with Crippen LogP contribution in [-0.4, -0.2) is 45.3 Å². The van der Waals surface area contributed by atoms with Gasteiger partial charge in [0.2, 0.25) is 0 Å². The standard InChI is InChI=1S/C7H13NO3/c1-2-11-7(8-1)6-5-9-3-4-10-6/h6-8H,1-5H2. The molecule has 0 aromatic heterocycles. The van der Waals surface area contributed by atoms with Gasteiger partial charge < -0.3 is 14.2 Å². The van der Waals surface area contributed by atoms with Crippen molar-refractivity contribution in [1.82, 2.24) is 5.32 Å². The lowest BCUT2D eigenvalue weighted by molar-refractivity contribution is -0.139. The van der Waals surface area contributed by atoms with Gasteiger partial charge in [0.25, 0.3) is 0 Å². The van der Waals surface area contributed by atoms with Crippen molar-refractivity contribution in [3.05, 3.63) is 0 Å². The van der Waals surface area contributed by atoms with Crippen LogP contribution in [0.4, 0.5) is 0 Å². The van der Waals surface area contributed by atoms with Gasteiger partial charge >= 0.3 is 0 Å². The zero-order valence-electron chi connectivity index (χ0n) is 6.41. The molecule has 64 valence electrons. The van der Waals surface area contributed by atoms with Gasteiger partial charge in [-0.05, 0) is 0 Å². The summed E-state index contributed by atoms with van der Waals surface area (Å²) in [5, 5.41) is 3.20. The van der Waals surface area contributed by atoms with E-state index in [0.29, 0.717) is 19.8 Å². The van der Waals surface area contributed by atoms with Crippen LogP contribution in [0, 0.1) is 0 Å². The van der Waals surface area contributed by atoms with Crippen molar-refractivity contribution in [3.63, 3.8) is 0 Å². The quantitative estimate of drug-likeness (QED) is 0.552. The first-order valence-electron chi connectivity index (χ1n) is 4.01. The molecular formula is C7H13NO3. The topological polar surface area (TPSA) is 39.7 Å². The third kappa shape index (κ3) is 1.70. The highest BCUT2D eigenvalue weighted by molar-refractivity contribution is 4.74. The Bertz CT molecular complexity index is 119. The molecule has 2 atom stereocenters. The first kappa shape index (κ1) is 7.49. The van der Waals surface area contributed by atoms with E-state index in [1.807, 2.05) is 0 Å². The minimum Gasteiger partial charge on any atom is -0.376 e. The minimum atomic E-state index is 0.0512. The van der Waals surface area contributed by atoms with Crippen molar-refractivity contribution < 1.29 is 14.2 Å². The first-order valence-corrected chi connectivity index (χ1v) is 4.01. The number of nitrogens with one attached hydrogen (secondary N) is 1. The molecule has 2 heterocycles. The van der Waals surface area contributed by atoms with E-state index >= 15 is 0 Å². The molecular weight excluding hydrogens is 146 g/mol. The van der Waals surface area contributed by atoms with Gasteiger partial charge in [-0.25, -0.2) is 0 Å². The monoisotopic (exact) mass is 159 g/mol. The van der Waals surface area contributed by atoms with E-state index in [9.17, 15) is 0 Å². The van der Waals surface area contributed by atoms with Crippen LogP contribution >= 0.6 is 0 Å². The Hall–Kier alpha value is -0.160. The zero-order valence-corrected chi connectivity index (χ0v) is 6.41. The SMILES string of the molecule is C1COC(C2COCCO2)N1. The molecule has 0 bridgehead atoms.